The van der Waals surface area contributed by atoms with Crippen LogP contribution in [-0.4, -0.2) is 37.3 Å². The van der Waals surface area contributed by atoms with Crippen LogP contribution in [0.3, 0.4) is 0 Å². The summed E-state index contributed by atoms with van der Waals surface area (Å²) in [6.45, 7) is 1.05. The lowest BCUT2D eigenvalue weighted by atomic mass is 10.0. The first-order chi connectivity index (χ1) is 9.10. The second kappa shape index (κ2) is 6.04. The molecule has 1 aliphatic rings. The molecule has 4 N–H and O–H groups in total. The van der Waals surface area contributed by atoms with Crippen LogP contribution in [-0.2, 0) is 11.2 Å². The van der Waals surface area contributed by atoms with Gasteiger partial charge in [0.05, 0.1) is 6.10 Å². The maximum atomic E-state index is 11.3. The van der Waals surface area contributed by atoms with Crippen molar-refractivity contribution in [2.45, 2.75) is 25.4 Å². The zero-order chi connectivity index (χ0) is 13.8. The van der Waals surface area contributed by atoms with Crippen molar-refractivity contribution in [3.8, 4) is 0 Å². The van der Waals surface area contributed by atoms with Crippen LogP contribution in [0.5, 0.6) is 0 Å². The molecule has 1 heterocycles. The van der Waals surface area contributed by atoms with Crippen molar-refractivity contribution in [3.63, 3.8) is 0 Å². The summed E-state index contributed by atoms with van der Waals surface area (Å²) in [6.07, 6.45) is 1.50. The van der Waals surface area contributed by atoms with Crippen molar-refractivity contribution in [2.24, 2.45) is 5.73 Å². The molecule has 2 rings (SSSR count). The van der Waals surface area contributed by atoms with E-state index in [2.05, 4.69) is 11.4 Å². The Balaban J connectivity index is 2.07. The van der Waals surface area contributed by atoms with Crippen molar-refractivity contribution in [1.29, 1.82) is 0 Å². The number of carbonyl (C=O) groups excluding carboxylic acids is 1. The maximum Gasteiger partial charge on any atom is 0.224 e. The van der Waals surface area contributed by atoms with Crippen LogP contribution in [0.25, 0.3) is 0 Å². The van der Waals surface area contributed by atoms with Crippen molar-refractivity contribution < 1.29 is 9.90 Å². The lowest BCUT2D eigenvalue weighted by Gasteiger charge is -2.25. The summed E-state index contributed by atoms with van der Waals surface area (Å²) in [5.41, 5.74) is 8.53. The van der Waals surface area contributed by atoms with Gasteiger partial charge in [-0.05, 0) is 43.1 Å². The fourth-order valence-electron chi connectivity index (χ4n) is 2.31. The van der Waals surface area contributed by atoms with E-state index in [9.17, 15) is 9.90 Å². The first-order valence-corrected chi connectivity index (χ1v) is 6.62. The van der Waals surface area contributed by atoms with Crippen LogP contribution in [0.15, 0.2) is 18.2 Å². The Bertz CT molecular complexity index is 462. The van der Waals surface area contributed by atoms with Crippen molar-refractivity contribution in [1.82, 2.24) is 0 Å². The Morgan fingerprint density at radius 2 is 2.26 bits per heavy atom. The third kappa shape index (κ3) is 3.45. The van der Waals surface area contributed by atoms with Gasteiger partial charge in [-0.1, -0.05) is 0 Å². The van der Waals surface area contributed by atoms with Crippen LogP contribution < -0.4 is 16.0 Å². The topological polar surface area (TPSA) is 78.6 Å². The van der Waals surface area contributed by atoms with Crippen LogP contribution in [0.1, 0.15) is 18.4 Å². The fraction of sp³-hybridized carbons (Fsp3) is 0.500. The van der Waals surface area contributed by atoms with Gasteiger partial charge < -0.3 is 21.1 Å². The predicted molar refractivity (Wildman–Crippen MR) is 76.3 cm³/mol. The molecule has 0 radical (unpaired) electrons. The lowest BCUT2D eigenvalue weighted by molar-refractivity contribution is -0.116. The molecule has 1 aliphatic heterocycles. The van der Waals surface area contributed by atoms with Crippen molar-refractivity contribution >= 4 is 17.3 Å². The van der Waals surface area contributed by atoms with Crippen LogP contribution in [0.2, 0.25) is 0 Å². The number of anilines is 2. The van der Waals surface area contributed by atoms with Gasteiger partial charge in [-0.2, -0.15) is 0 Å². The number of fused-ring (bicyclic) bond motifs is 1. The number of aliphatic hydroxyl groups is 1. The molecule has 0 bridgehead atoms. The van der Waals surface area contributed by atoms with E-state index in [0.717, 1.165) is 23.4 Å². The molecule has 0 aromatic heterocycles. The lowest BCUT2D eigenvalue weighted by Crippen LogP contribution is -2.30. The first-order valence-electron chi connectivity index (χ1n) is 6.62. The van der Waals surface area contributed by atoms with E-state index in [0.29, 0.717) is 25.9 Å². The SMILES string of the molecule is CN(CC(O)CCN)c1ccc2c(c1)CCC(=O)N2. The van der Waals surface area contributed by atoms with Gasteiger partial charge in [-0.25, -0.2) is 0 Å². The van der Waals surface area contributed by atoms with Crippen LogP contribution in [0, 0.1) is 0 Å². The maximum absolute atomic E-state index is 11.3. The average Bonchev–Trinajstić information content (AvgIpc) is 2.38. The number of nitrogens with one attached hydrogen (secondary N) is 1. The summed E-state index contributed by atoms with van der Waals surface area (Å²) >= 11 is 0. The van der Waals surface area contributed by atoms with E-state index in [1.54, 1.807) is 0 Å². The molecule has 1 aromatic carbocycles. The number of hydrogen-bond acceptors (Lipinski definition) is 4. The number of carbonyl (C=O) groups is 1. The highest BCUT2D eigenvalue weighted by Crippen LogP contribution is 2.27. The van der Waals surface area contributed by atoms with E-state index in [1.807, 2.05) is 24.1 Å². The van der Waals surface area contributed by atoms with Crippen LogP contribution in [0.4, 0.5) is 11.4 Å². The molecule has 1 atom stereocenters. The molecule has 0 fully saturated rings. The van der Waals surface area contributed by atoms with E-state index >= 15 is 0 Å². The van der Waals surface area contributed by atoms with Gasteiger partial charge in [0.25, 0.3) is 0 Å². The third-order valence-corrected chi connectivity index (χ3v) is 3.41. The average molecular weight is 263 g/mol. The van der Waals surface area contributed by atoms with Gasteiger partial charge in [0.15, 0.2) is 0 Å². The summed E-state index contributed by atoms with van der Waals surface area (Å²) in [5.74, 6) is 0.0759. The minimum Gasteiger partial charge on any atom is -0.391 e. The number of hydrogen-bond donors (Lipinski definition) is 3. The van der Waals surface area contributed by atoms with Crippen molar-refractivity contribution in [3.05, 3.63) is 23.8 Å². The fourth-order valence-corrected chi connectivity index (χ4v) is 2.31. The number of likely N-dealkylation sites (N-methyl/N-ethyl adjacent to an activating group) is 1. The molecular weight excluding hydrogens is 242 g/mol. The summed E-state index contributed by atoms with van der Waals surface area (Å²) in [7, 11) is 1.95. The number of benzene rings is 1. The minimum atomic E-state index is -0.411. The first kappa shape index (κ1) is 13.8. The number of rotatable bonds is 5. The predicted octanol–water partition coefficient (Wildman–Crippen LogP) is 0.717. The molecule has 1 unspecified atom stereocenters. The van der Waals surface area contributed by atoms with E-state index in [4.69, 9.17) is 5.73 Å². The number of aliphatic hydroxyl groups excluding tert-OH is 1. The summed E-state index contributed by atoms with van der Waals surface area (Å²) in [5, 5.41) is 12.6. The molecule has 0 aliphatic carbocycles. The summed E-state index contributed by atoms with van der Waals surface area (Å²) < 4.78 is 0. The van der Waals surface area contributed by atoms with Gasteiger partial charge in [-0.15, -0.1) is 0 Å². The van der Waals surface area contributed by atoms with E-state index in [1.165, 1.54) is 0 Å². The van der Waals surface area contributed by atoms with Gasteiger partial charge in [0, 0.05) is 31.4 Å². The second-order valence-corrected chi connectivity index (χ2v) is 5.00. The Labute approximate surface area is 113 Å². The molecule has 104 valence electrons. The molecule has 1 amide bonds. The number of nitrogens with two attached hydrogens (primary N) is 1. The van der Waals surface area contributed by atoms with E-state index in [-0.39, 0.29) is 5.91 Å². The summed E-state index contributed by atoms with van der Waals surface area (Å²) in [4.78, 5) is 13.3. The Morgan fingerprint density at radius 1 is 1.47 bits per heavy atom. The Hall–Kier alpha value is -1.59. The third-order valence-electron chi connectivity index (χ3n) is 3.41. The smallest absolute Gasteiger partial charge is 0.224 e. The molecular formula is C14H21N3O2. The van der Waals surface area contributed by atoms with E-state index < -0.39 is 6.10 Å². The quantitative estimate of drug-likeness (QED) is 0.731. The number of aryl methyl sites for hydroxylation is 1. The molecule has 0 saturated carbocycles. The van der Waals surface area contributed by atoms with Crippen molar-refractivity contribution in [2.75, 3.05) is 30.4 Å². The van der Waals surface area contributed by atoms with Gasteiger partial charge in [-0.3, -0.25) is 4.79 Å². The monoisotopic (exact) mass is 263 g/mol. The molecule has 1 aromatic rings. The zero-order valence-corrected chi connectivity index (χ0v) is 11.2. The Morgan fingerprint density at radius 3 is 3.00 bits per heavy atom. The number of nitrogens with zero attached hydrogens (tertiary/aromatic N) is 1. The number of amides is 1. The van der Waals surface area contributed by atoms with Crippen LogP contribution >= 0.6 is 0 Å². The van der Waals surface area contributed by atoms with Gasteiger partial charge >= 0.3 is 0 Å². The molecule has 0 saturated heterocycles. The largest absolute Gasteiger partial charge is 0.391 e. The minimum absolute atomic E-state index is 0.0759. The van der Waals surface area contributed by atoms with Gasteiger partial charge in [0.2, 0.25) is 5.91 Å². The highest BCUT2D eigenvalue weighted by atomic mass is 16.3. The second-order valence-electron chi connectivity index (χ2n) is 5.00. The highest BCUT2D eigenvalue weighted by Gasteiger charge is 2.16. The normalized spacial score (nSPS) is 15.6. The molecule has 0 spiro atoms. The standard InChI is InChI=1S/C14H21N3O2/c1-17(9-12(18)6-7-15)11-3-4-13-10(8-11)2-5-14(19)16-13/h3-4,8,12,18H,2,5-7,9,15H2,1H3,(H,16,19). The summed E-state index contributed by atoms with van der Waals surface area (Å²) in [6, 6.07) is 5.96. The van der Waals surface area contributed by atoms with Gasteiger partial charge in [0.1, 0.15) is 0 Å². The molecule has 5 heteroatoms. The Kier molecular flexibility index (Phi) is 4.39. The zero-order valence-electron chi connectivity index (χ0n) is 11.2. The highest BCUT2D eigenvalue weighted by molar-refractivity contribution is 5.94. The molecule has 5 nitrogen and oxygen atoms in total. The molecule has 19 heavy (non-hydrogen) atoms.